The molecule has 0 amide bonds. The molecule has 2 aromatic rings. The Bertz CT molecular complexity index is 577. The highest BCUT2D eigenvalue weighted by atomic mass is 16.3. The third-order valence-electron chi connectivity index (χ3n) is 4.13. The average molecular weight is 282 g/mol. The maximum atomic E-state index is 9.95. The zero-order valence-corrected chi connectivity index (χ0v) is 12.3. The van der Waals surface area contributed by atoms with Gasteiger partial charge in [0.1, 0.15) is 5.75 Å². The van der Waals surface area contributed by atoms with Crippen molar-refractivity contribution in [1.82, 2.24) is 10.3 Å². The molecule has 0 saturated carbocycles. The molecule has 0 radical (unpaired) electrons. The van der Waals surface area contributed by atoms with E-state index in [1.807, 2.05) is 24.3 Å². The predicted molar refractivity (Wildman–Crippen MR) is 85.3 cm³/mol. The van der Waals surface area contributed by atoms with E-state index in [1.54, 1.807) is 12.3 Å². The van der Waals surface area contributed by atoms with Gasteiger partial charge in [-0.05, 0) is 68.1 Å². The maximum absolute atomic E-state index is 9.95. The van der Waals surface area contributed by atoms with Crippen LogP contribution in [0.4, 0.5) is 0 Å². The van der Waals surface area contributed by atoms with Crippen molar-refractivity contribution in [3.05, 3.63) is 48.2 Å². The number of aromatic nitrogens is 1. The highest BCUT2D eigenvalue weighted by molar-refractivity contribution is 5.62. The number of aryl methyl sites for hydroxylation is 1. The molecule has 2 N–H and O–H groups in total. The van der Waals surface area contributed by atoms with Crippen LogP contribution in [0.15, 0.2) is 42.6 Å². The minimum absolute atomic E-state index is 0.324. The topological polar surface area (TPSA) is 45.1 Å². The van der Waals surface area contributed by atoms with Gasteiger partial charge in [-0.2, -0.15) is 0 Å². The van der Waals surface area contributed by atoms with E-state index >= 15 is 0 Å². The number of hydrogen-bond acceptors (Lipinski definition) is 3. The summed E-state index contributed by atoms with van der Waals surface area (Å²) in [6, 6.07) is 12.3. The fourth-order valence-electron chi connectivity index (χ4n) is 3.01. The van der Waals surface area contributed by atoms with Gasteiger partial charge >= 0.3 is 0 Å². The number of pyridine rings is 1. The van der Waals surface area contributed by atoms with Crippen molar-refractivity contribution in [2.24, 2.45) is 0 Å². The first-order chi connectivity index (χ1) is 10.3. The normalized spacial score (nSPS) is 18.6. The Labute approximate surface area is 126 Å². The largest absolute Gasteiger partial charge is 0.508 e. The molecule has 1 aliphatic heterocycles. The Kier molecular flexibility index (Phi) is 4.51. The molecular formula is C18H22N2O. The van der Waals surface area contributed by atoms with Gasteiger partial charge in [-0.3, -0.25) is 4.98 Å². The second-order valence-electron chi connectivity index (χ2n) is 5.79. The standard InChI is InChI=1S/C18H22N2O/c21-17-12-14(7-8-16-5-1-3-9-19-16)11-15(13-17)18-6-2-4-10-20-18/h2,4,6,10-13,16,19,21H,1,3,5,7-9H2. The Morgan fingerprint density at radius 3 is 2.90 bits per heavy atom. The first-order valence-electron chi connectivity index (χ1n) is 7.79. The van der Waals surface area contributed by atoms with Gasteiger partial charge in [-0.25, -0.2) is 0 Å². The van der Waals surface area contributed by atoms with E-state index in [0.29, 0.717) is 11.8 Å². The molecule has 1 aromatic carbocycles. The lowest BCUT2D eigenvalue weighted by Crippen LogP contribution is -2.34. The van der Waals surface area contributed by atoms with Crippen molar-refractivity contribution in [3.8, 4) is 17.0 Å². The van der Waals surface area contributed by atoms with E-state index in [-0.39, 0.29) is 0 Å². The molecule has 1 aliphatic rings. The smallest absolute Gasteiger partial charge is 0.116 e. The molecule has 1 fully saturated rings. The summed E-state index contributed by atoms with van der Waals surface area (Å²) in [5.74, 6) is 0.324. The molecule has 3 heteroatoms. The van der Waals surface area contributed by atoms with Crippen molar-refractivity contribution in [3.63, 3.8) is 0 Å². The molecule has 0 spiro atoms. The molecule has 1 atom stereocenters. The lowest BCUT2D eigenvalue weighted by molar-refractivity contribution is 0.382. The molecule has 1 saturated heterocycles. The summed E-state index contributed by atoms with van der Waals surface area (Å²) in [7, 11) is 0. The summed E-state index contributed by atoms with van der Waals surface area (Å²) >= 11 is 0. The first-order valence-corrected chi connectivity index (χ1v) is 7.79. The van der Waals surface area contributed by atoms with Crippen molar-refractivity contribution >= 4 is 0 Å². The third-order valence-corrected chi connectivity index (χ3v) is 4.13. The van der Waals surface area contributed by atoms with E-state index in [1.165, 1.54) is 24.8 Å². The number of phenolic OH excluding ortho intramolecular Hbond substituents is 1. The fourth-order valence-corrected chi connectivity index (χ4v) is 3.01. The van der Waals surface area contributed by atoms with Crippen LogP contribution in [0, 0.1) is 0 Å². The van der Waals surface area contributed by atoms with Crippen molar-refractivity contribution < 1.29 is 5.11 Å². The number of aromatic hydroxyl groups is 1. The Hall–Kier alpha value is -1.87. The highest BCUT2D eigenvalue weighted by Crippen LogP contribution is 2.25. The van der Waals surface area contributed by atoms with E-state index in [0.717, 1.165) is 30.6 Å². The van der Waals surface area contributed by atoms with Crippen LogP contribution in [0.3, 0.4) is 0 Å². The molecule has 0 aliphatic carbocycles. The number of benzene rings is 1. The van der Waals surface area contributed by atoms with Crippen molar-refractivity contribution in [2.75, 3.05) is 6.54 Å². The minimum Gasteiger partial charge on any atom is -0.508 e. The van der Waals surface area contributed by atoms with Crippen LogP contribution in [0.5, 0.6) is 5.75 Å². The van der Waals surface area contributed by atoms with E-state index in [9.17, 15) is 5.11 Å². The van der Waals surface area contributed by atoms with Crippen LogP contribution in [0.2, 0.25) is 0 Å². The van der Waals surface area contributed by atoms with Crippen LogP contribution in [0.1, 0.15) is 31.2 Å². The van der Waals surface area contributed by atoms with Crippen LogP contribution in [-0.4, -0.2) is 22.7 Å². The first kappa shape index (κ1) is 14.1. The van der Waals surface area contributed by atoms with Gasteiger partial charge in [0, 0.05) is 17.8 Å². The fraction of sp³-hybridized carbons (Fsp3) is 0.389. The molecule has 0 bridgehead atoms. The number of nitrogens with zero attached hydrogens (tertiary/aromatic N) is 1. The third kappa shape index (κ3) is 3.82. The van der Waals surface area contributed by atoms with E-state index in [2.05, 4.69) is 16.4 Å². The molecule has 110 valence electrons. The number of nitrogens with one attached hydrogen (secondary N) is 1. The van der Waals surface area contributed by atoms with Crippen LogP contribution < -0.4 is 5.32 Å². The Morgan fingerprint density at radius 1 is 1.19 bits per heavy atom. The van der Waals surface area contributed by atoms with Gasteiger partial charge in [0.05, 0.1) is 5.69 Å². The van der Waals surface area contributed by atoms with E-state index < -0.39 is 0 Å². The molecule has 3 rings (SSSR count). The van der Waals surface area contributed by atoms with Gasteiger partial charge in [0.25, 0.3) is 0 Å². The second-order valence-corrected chi connectivity index (χ2v) is 5.79. The van der Waals surface area contributed by atoms with E-state index in [4.69, 9.17) is 0 Å². The van der Waals surface area contributed by atoms with Gasteiger partial charge in [0.2, 0.25) is 0 Å². The number of rotatable bonds is 4. The highest BCUT2D eigenvalue weighted by Gasteiger charge is 2.12. The summed E-state index contributed by atoms with van der Waals surface area (Å²) < 4.78 is 0. The number of piperidine rings is 1. The zero-order chi connectivity index (χ0) is 14.5. The van der Waals surface area contributed by atoms with Crippen LogP contribution >= 0.6 is 0 Å². The lowest BCUT2D eigenvalue weighted by Gasteiger charge is -2.23. The van der Waals surface area contributed by atoms with Crippen LogP contribution in [-0.2, 0) is 6.42 Å². The van der Waals surface area contributed by atoms with Crippen LogP contribution in [0.25, 0.3) is 11.3 Å². The van der Waals surface area contributed by atoms with Crippen molar-refractivity contribution in [2.45, 2.75) is 38.1 Å². The quantitative estimate of drug-likeness (QED) is 0.901. The van der Waals surface area contributed by atoms with Crippen molar-refractivity contribution in [1.29, 1.82) is 0 Å². The number of phenols is 1. The maximum Gasteiger partial charge on any atom is 0.116 e. The monoisotopic (exact) mass is 282 g/mol. The molecule has 21 heavy (non-hydrogen) atoms. The average Bonchev–Trinajstić information content (AvgIpc) is 2.54. The van der Waals surface area contributed by atoms with Gasteiger partial charge < -0.3 is 10.4 Å². The summed E-state index contributed by atoms with van der Waals surface area (Å²) in [5.41, 5.74) is 3.08. The molecule has 1 aromatic heterocycles. The molecular weight excluding hydrogens is 260 g/mol. The summed E-state index contributed by atoms with van der Waals surface area (Å²) in [6.45, 7) is 1.14. The SMILES string of the molecule is Oc1cc(CCC2CCCCN2)cc(-c2ccccn2)c1. The zero-order valence-electron chi connectivity index (χ0n) is 12.3. The lowest BCUT2D eigenvalue weighted by atomic mass is 9.96. The Balaban J connectivity index is 1.72. The van der Waals surface area contributed by atoms with Gasteiger partial charge in [-0.15, -0.1) is 0 Å². The summed E-state index contributed by atoms with van der Waals surface area (Å²) in [4.78, 5) is 4.36. The Morgan fingerprint density at radius 2 is 2.14 bits per heavy atom. The number of hydrogen-bond donors (Lipinski definition) is 2. The molecule has 1 unspecified atom stereocenters. The second kappa shape index (κ2) is 6.72. The molecule has 3 nitrogen and oxygen atoms in total. The summed E-state index contributed by atoms with van der Waals surface area (Å²) in [5, 5.41) is 13.5. The molecule has 2 heterocycles. The minimum atomic E-state index is 0.324. The van der Waals surface area contributed by atoms with Gasteiger partial charge in [0.15, 0.2) is 0 Å². The summed E-state index contributed by atoms with van der Waals surface area (Å²) in [6.07, 6.45) is 7.80. The predicted octanol–water partition coefficient (Wildman–Crippen LogP) is 3.53. The van der Waals surface area contributed by atoms with Gasteiger partial charge in [-0.1, -0.05) is 12.5 Å².